The molecule has 1 aliphatic rings. The summed E-state index contributed by atoms with van der Waals surface area (Å²) >= 11 is 0. The van der Waals surface area contributed by atoms with Crippen molar-refractivity contribution < 1.29 is 4.74 Å². The highest BCUT2D eigenvalue weighted by atomic mass is 16.5. The highest BCUT2D eigenvalue weighted by Crippen LogP contribution is 2.21. The first-order valence-corrected chi connectivity index (χ1v) is 5.64. The Labute approximate surface area is 92.3 Å². The normalized spacial score (nSPS) is 30.1. The molecule has 0 saturated carbocycles. The van der Waals surface area contributed by atoms with Gasteiger partial charge in [0.2, 0.25) is 0 Å². The van der Waals surface area contributed by atoms with Crippen molar-refractivity contribution in [1.29, 1.82) is 5.41 Å². The number of nitrogens with two attached hydrogens (primary N) is 1. The second kappa shape index (κ2) is 5.47. The molecule has 15 heavy (non-hydrogen) atoms. The van der Waals surface area contributed by atoms with Crippen molar-refractivity contribution in [3.63, 3.8) is 0 Å². The smallest absolute Gasteiger partial charge is 0.0920 e. The number of rotatable bonds is 4. The Morgan fingerprint density at radius 2 is 2.33 bits per heavy atom. The number of likely N-dealkylation sites (tertiary alicyclic amines) is 1. The summed E-state index contributed by atoms with van der Waals surface area (Å²) in [5.74, 6) is 0.908. The van der Waals surface area contributed by atoms with Gasteiger partial charge in [0.1, 0.15) is 0 Å². The van der Waals surface area contributed by atoms with E-state index in [0.29, 0.717) is 24.5 Å². The second-order valence-electron chi connectivity index (χ2n) is 4.61. The van der Waals surface area contributed by atoms with Gasteiger partial charge in [0.25, 0.3) is 0 Å². The SMILES string of the molecule is COC1CN(C(C)CC(=N)N)CCC1C. The molecule has 1 heterocycles. The van der Waals surface area contributed by atoms with Crippen LogP contribution >= 0.6 is 0 Å². The Bertz CT molecular complexity index is 220. The number of nitrogens with zero attached hydrogens (tertiary/aromatic N) is 1. The van der Waals surface area contributed by atoms with Gasteiger partial charge in [-0.15, -0.1) is 0 Å². The van der Waals surface area contributed by atoms with E-state index in [4.69, 9.17) is 15.9 Å². The van der Waals surface area contributed by atoms with E-state index in [1.165, 1.54) is 6.42 Å². The van der Waals surface area contributed by atoms with Crippen LogP contribution in [0.3, 0.4) is 0 Å². The molecule has 4 nitrogen and oxygen atoms in total. The van der Waals surface area contributed by atoms with E-state index in [-0.39, 0.29) is 5.84 Å². The molecule has 1 rings (SSSR count). The van der Waals surface area contributed by atoms with Gasteiger partial charge < -0.3 is 10.5 Å². The van der Waals surface area contributed by atoms with Gasteiger partial charge in [-0.1, -0.05) is 6.92 Å². The van der Waals surface area contributed by atoms with Gasteiger partial charge in [0, 0.05) is 26.1 Å². The quantitative estimate of drug-likeness (QED) is 0.542. The summed E-state index contributed by atoms with van der Waals surface area (Å²) in [6.45, 7) is 6.42. The molecule has 0 bridgehead atoms. The van der Waals surface area contributed by atoms with Crippen LogP contribution in [-0.4, -0.2) is 43.1 Å². The summed E-state index contributed by atoms with van der Waals surface area (Å²) in [5, 5.41) is 7.30. The predicted octanol–water partition coefficient (Wildman–Crippen LogP) is 1.06. The lowest BCUT2D eigenvalue weighted by Crippen LogP contribution is -2.48. The standard InChI is InChI=1S/C11H23N3O/c1-8-4-5-14(7-10(8)15-3)9(2)6-11(12)13/h8-10H,4-7H2,1-3H3,(H3,12,13). The number of methoxy groups -OCH3 is 1. The summed E-state index contributed by atoms with van der Waals surface area (Å²) < 4.78 is 5.46. The van der Waals surface area contributed by atoms with Crippen molar-refractivity contribution in [1.82, 2.24) is 4.90 Å². The zero-order valence-electron chi connectivity index (χ0n) is 9.99. The molecule has 88 valence electrons. The fourth-order valence-electron chi connectivity index (χ4n) is 2.21. The maximum atomic E-state index is 7.30. The van der Waals surface area contributed by atoms with Gasteiger partial charge in [-0.05, 0) is 25.8 Å². The third kappa shape index (κ3) is 3.47. The van der Waals surface area contributed by atoms with Crippen LogP contribution in [-0.2, 0) is 4.74 Å². The number of nitrogens with one attached hydrogen (secondary N) is 1. The first-order chi connectivity index (χ1) is 7.04. The van der Waals surface area contributed by atoms with Gasteiger partial charge in [0.15, 0.2) is 0 Å². The maximum Gasteiger partial charge on any atom is 0.0920 e. The summed E-state index contributed by atoms with van der Waals surface area (Å²) in [6, 6.07) is 0.354. The average Bonchev–Trinajstić information content (AvgIpc) is 2.17. The molecule has 1 saturated heterocycles. The van der Waals surface area contributed by atoms with E-state index in [1.54, 1.807) is 7.11 Å². The predicted molar refractivity (Wildman–Crippen MR) is 62.1 cm³/mol. The highest BCUT2D eigenvalue weighted by molar-refractivity contribution is 5.77. The molecule has 3 N–H and O–H groups in total. The number of amidine groups is 1. The summed E-state index contributed by atoms with van der Waals surface area (Å²) in [4.78, 5) is 2.37. The van der Waals surface area contributed by atoms with Gasteiger partial charge in [-0.2, -0.15) is 0 Å². The van der Waals surface area contributed by atoms with Gasteiger partial charge in [0.05, 0.1) is 11.9 Å². The summed E-state index contributed by atoms with van der Waals surface area (Å²) in [5.41, 5.74) is 5.42. The molecule has 4 heteroatoms. The Morgan fingerprint density at radius 3 is 2.87 bits per heavy atom. The molecular weight excluding hydrogens is 190 g/mol. The molecular formula is C11H23N3O. The molecule has 0 aromatic rings. The second-order valence-corrected chi connectivity index (χ2v) is 4.61. The van der Waals surface area contributed by atoms with Crippen LogP contribution in [0.25, 0.3) is 0 Å². The van der Waals surface area contributed by atoms with Crippen LogP contribution in [0.15, 0.2) is 0 Å². The monoisotopic (exact) mass is 213 g/mol. The van der Waals surface area contributed by atoms with E-state index < -0.39 is 0 Å². The fourth-order valence-corrected chi connectivity index (χ4v) is 2.21. The lowest BCUT2D eigenvalue weighted by molar-refractivity contribution is -0.0157. The summed E-state index contributed by atoms with van der Waals surface area (Å²) in [6.07, 6.45) is 2.15. The molecule has 0 aromatic heterocycles. The minimum absolute atomic E-state index is 0.273. The molecule has 0 aliphatic carbocycles. The molecule has 3 unspecified atom stereocenters. The minimum atomic E-state index is 0.273. The van der Waals surface area contributed by atoms with Crippen LogP contribution in [0.1, 0.15) is 26.7 Å². The van der Waals surface area contributed by atoms with E-state index in [2.05, 4.69) is 18.7 Å². The van der Waals surface area contributed by atoms with Crippen molar-refractivity contribution in [3.8, 4) is 0 Å². The van der Waals surface area contributed by atoms with Crippen LogP contribution in [0, 0.1) is 11.3 Å². The molecule has 0 spiro atoms. The van der Waals surface area contributed by atoms with E-state index in [1.807, 2.05) is 0 Å². The van der Waals surface area contributed by atoms with Crippen molar-refractivity contribution in [2.75, 3.05) is 20.2 Å². The van der Waals surface area contributed by atoms with Gasteiger partial charge in [-0.3, -0.25) is 10.3 Å². The zero-order chi connectivity index (χ0) is 11.4. The lowest BCUT2D eigenvalue weighted by atomic mass is 9.94. The topological polar surface area (TPSA) is 62.3 Å². The van der Waals surface area contributed by atoms with E-state index >= 15 is 0 Å². The Kier molecular flexibility index (Phi) is 4.54. The first-order valence-electron chi connectivity index (χ1n) is 5.64. The van der Waals surface area contributed by atoms with Crippen molar-refractivity contribution in [3.05, 3.63) is 0 Å². The van der Waals surface area contributed by atoms with Gasteiger partial charge >= 0.3 is 0 Å². The fraction of sp³-hybridized carbons (Fsp3) is 0.909. The molecule has 1 aliphatic heterocycles. The van der Waals surface area contributed by atoms with Crippen molar-refractivity contribution in [2.24, 2.45) is 11.7 Å². The largest absolute Gasteiger partial charge is 0.388 e. The van der Waals surface area contributed by atoms with Crippen LogP contribution in [0.2, 0.25) is 0 Å². The number of ether oxygens (including phenoxy) is 1. The molecule has 3 atom stereocenters. The summed E-state index contributed by atoms with van der Waals surface area (Å²) in [7, 11) is 1.78. The lowest BCUT2D eigenvalue weighted by Gasteiger charge is -2.39. The minimum Gasteiger partial charge on any atom is -0.388 e. The average molecular weight is 213 g/mol. The van der Waals surface area contributed by atoms with E-state index in [0.717, 1.165) is 13.1 Å². The Morgan fingerprint density at radius 1 is 1.67 bits per heavy atom. The van der Waals surface area contributed by atoms with Gasteiger partial charge in [-0.25, -0.2) is 0 Å². The maximum absolute atomic E-state index is 7.30. The zero-order valence-corrected chi connectivity index (χ0v) is 9.99. The van der Waals surface area contributed by atoms with E-state index in [9.17, 15) is 0 Å². The van der Waals surface area contributed by atoms with Crippen molar-refractivity contribution >= 4 is 5.84 Å². The van der Waals surface area contributed by atoms with Crippen molar-refractivity contribution in [2.45, 2.75) is 38.8 Å². The Hall–Kier alpha value is -0.610. The third-order valence-corrected chi connectivity index (χ3v) is 3.36. The molecule has 0 radical (unpaired) electrons. The molecule has 1 fully saturated rings. The number of hydrogen-bond donors (Lipinski definition) is 2. The molecule has 0 aromatic carbocycles. The van der Waals surface area contributed by atoms with Crippen LogP contribution in [0.5, 0.6) is 0 Å². The Balaban J connectivity index is 2.46. The number of piperidine rings is 1. The highest BCUT2D eigenvalue weighted by Gasteiger charge is 2.28. The first kappa shape index (κ1) is 12.5. The van der Waals surface area contributed by atoms with Crippen LogP contribution in [0.4, 0.5) is 0 Å². The third-order valence-electron chi connectivity index (χ3n) is 3.36. The molecule has 0 amide bonds. The number of hydrogen-bond acceptors (Lipinski definition) is 3. The van der Waals surface area contributed by atoms with Crippen LogP contribution < -0.4 is 5.73 Å².